The molecule has 1 atom stereocenters. The van der Waals surface area contributed by atoms with Gasteiger partial charge in [-0.05, 0) is 62.6 Å². The molecule has 27 heavy (non-hydrogen) atoms. The van der Waals surface area contributed by atoms with E-state index >= 15 is 0 Å². The number of H-pyrrole nitrogens is 1. The Hall–Kier alpha value is -2.61. The number of aromatic nitrogens is 4. The Morgan fingerprint density at radius 3 is 2.70 bits per heavy atom. The molecule has 0 saturated heterocycles. The summed E-state index contributed by atoms with van der Waals surface area (Å²) in [7, 11) is -0.388. The average Bonchev–Trinajstić information content (AvgIpc) is 3.13. The molecule has 144 valence electrons. The fraction of sp³-hybridized carbons (Fsp3) is 0.368. The van der Waals surface area contributed by atoms with Gasteiger partial charge in [-0.2, -0.15) is 9.77 Å². The van der Waals surface area contributed by atoms with E-state index in [1.54, 1.807) is 6.20 Å². The van der Waals surface area contributed by atoms with Crippen molar-refractivity contribution in [1.82, 2.24) is 19.4 Å². The molecule has 2 aromatic heterocycles. The number of fused-ring (bicyclic) bond motifs is 1. The average molecular weight is 388 g/mol. The number of nitrogens with one attached hydrogen (secondary N) is 2. The molecule has 2 N–H and O–H groups in total. The van der Waals surface area contributed by atoms with E-state index in [4.69, 9.17) is 0 Å². The molecule has 0 bridgehead atoms. The van der Waals surface area contributed by atoms with Gasteiger partial charge in [-0.3, -0.25) is 14.3 Å². The van der Waals surface area contributed by atoms with E-state index in [1.165, 1.54) is 0 Å². The summed E-state index contributed by atoms with van der Waals surface area (Å²) in [6, 6.07) is 5.92. The number of hydrogen-bond acceptors (Lipinski definition) is 4. The number of aryl methyl sites for hydroxylation is 1. The molecule has 7 nitrogen and oxygen atoms in total. The maximum atomic E-state index is 13.0. The topological polar surface area (TPSA) is 84.7 Å². The molecule has 0 aliphatic heterocycles. The normalized spacial score (nSPS) is 12.8. The summed E-state index contributed by atoms with van der Waals surface area (Å²) in [6.07, 6.45) is 4.45. The second-order valence-corrected chi connectivity index (χ2v) is 8.39. The molecule has 0 amide bonds. The highest BCUT2D eigenvalue weighted by Crippen LogP contribution is 2.28. The van der Waals surface area contributed by atoms with E-state index < -0.39 is 5.69 Å². The first kappa shape index (κ1) is 19.2. The SMILES string of the molecule is C/C=S(/C)Nn1c(=O)[nH]c2cc(CC)c(-c3ccnn3C(C)C)cc2c1=O. The van der Waals surface area contributed by atoms with Crippen molar-refractivity contribution in [3.05, 3.63) is 50.8 Å². The molecule has 0 spiro atoms. The Labute approximate surface area is 160 Å². The van der Waals surface area contributed by atoms with Crippen molar-refractivity contribution < 1.29 is 0 Å². The Morgan fingerprint density at radius 2 is 2.07 bits per heavy atom. The number of rotatable bonds is 5. The quantitative estimate of drug-likeness (QED) is 0.659. The second-order valence-electron chi connectivity index (χ2n) is 6.62. The summed E-state index contributed by atoms with van der Waals surface area (Å²) in [5, 5.41) is 6.79. The van der Waals surface area contributed by atoms with Crippen LogP contribution in [0.4, 0.5) is 0 Å². The summed E-state index contributed by atoms with van der Waals surface area (Å²) >= 11 is 0. The smallest absolute Gasteiger partial charge is 0.305 e. The van der Waals surface area contributed by atoms with Crippen molar-refractivity contribution in [2.24, 2.45) is 0 Å². The first-order valence-corrected chi connectivity index (χ1v) is 10.6. The maximum absolute atomic E-state index is 13.0. The molecule has 0 saturated carbocycles. The lowest BCUT2D eigenvalue weighted by Crippen LogP contribution is -2.39. The van der Waals surface area contributed by atoms with Crippen molar-refractivity contribution in [3.63, 3.8) is 0 Å². The maximum Gasteiger partial charge on any atom is 0.348 e. The molecule has 1 unspecified atom stereocenters. The van der Waals surface area contributed by atoms with Crippen LogP contribution in [0.25, 0.3) is 22.2 Å². The Kier molecular flexibility index (Phi) is 5.36. The van der Waals surface area contributed by atoms with Crippen LogP contribution in [0.3, 0.4) is 0 Å². The van der Waals surface area contributed by atoms with Crippen molar-refractivity contribution in [2.45, 2.75) is 40.2 Å². The van der Waals surface area contributed by atoms with Gasteiger partial charge < -0.3 is 4.98 Å². The molecule has 3 aromatic rings. The van der Waals surface area contributed by atoms with Gasteiger partial charge in [0.05, 0.1) is 16.6 Å². The second kappa shape index (κ2) is 7.56. The standard InChI is InChI=1S/C19H25N5O2S/c1-6-13-10-16-15(11-14(13)17-8-9-20-23(17)12(3)4)18(25)24(19(26)21-16)22-27(5)7-2/h7-12,22H,6H2,1-5H3,(H,21,26). The predicted molar refractivity (Wildman–Crippen MR) is 114 cm³/mol. The molecular formula is C19H25N5O2S. The third kappa shape index (κ3) is 3.49. The summed E-state index contributed by atoms with van der Waals surface area (Å²) in [5.41, 5.74) is 2.72. The number of nitrogens with zero attached hydrogens (tertiary/aromatic N) is 3. The lowest BCUT2D eigenvalue weighted by atomic mass is 9.99. The van der Waals surface area contributed by atoms with Crippen LogP contribution in [-0.2, 0) is 6.42 Å². The van der Waals surface area contributed by atoms with Crippen LogP contribution >= 0.6 is 10.7 Å². The zero-order valence-electron chi connectivity index (χ0n) is 16.2. The predicted octanol–water partition coefficient (Wildman–Crippen LogP) is 2.88. The molecule has 0 aliphatic rings. The summed E-state index contributed by atoms with van der Waals surface area (Å²) in [5.74, 6) is 0. The zero-order valence-corrected chi connectivity index (χ0v) is 17.1. The van der Waals surface area contributed by atoms with Crippen LogP contribution in [0, 0.1) is 0 Å². The van der Waals surface area contributed by atoms with Gasteiger partial charge in [-0.25, -0.2) is 4.79 Å². The molecule has 1 aromatic carbocycles. The first-order chi connectivity index (χ1) is 12.9. The minimum atomic E-state index is -0.462. The largest absolute Gasteiger partial charge is 0.348 e. The fourth-order valence-corrected chi connectivity index (χ4v) is 3.62. The Morgan fingerprint density at radius 1 is 1.33 bits per heavy atom. The third-order valence-electron chi connectivity index (χ3n) is 4.53. The summed E-state index contributed by atoms with van der Waals surface area (Å²) in [6.45, 7) is 8.08. The highest BCUT2D eigenvalue weighted by atomic mass is 32.2. The summed E-state index contributed by atoms with van der Waals surface area (Å²) in [4.78, 5) is 31.1. The highest BCUT2D eigenvalue weighted by Gasteiger charge is 2.16. The van der Waals surface area contributed by atoms with Crippen LogP contribution in [0.2, 0.25) is 0 Å². The number of benzene rings is 1. The van der Waals surface area contributed by atoms with Gasteiger partial charge in [0.1, 0.15) is 0 Å². The van der Waals surface area contributed by atoms with Gasteiger partial charge in [-0.15, -0.1) is 0 Å². The van der Waals surface area contributed by atoms with Crippen LogP contribution < -0.4 is 16.1 Å². The molecule has 3 rings (SSSR count). The monoisotopic (exact) mass is 387 g/mol. The van der Waals surface area contributed by atoms with Gasteiger partial charge in [0.2, 0.25) is 0 Å². The van der Waals surface area contributed by atoms with Gasteiger partial charge in [0, 0.05) is 17.8 Å². The lowest BCUT2D eigenvalue weighted by Gasteiger charge is -2.15. The minimum absolute atomic E-state index is 0.200. The molecule has 0 aliphatic carbocycles. The zero-order chi connectivity index (χ0) is 19.7. The van der Waals surface area contributed by atoms with Crippen LogP contribution in [0.15, 0.2) is 34.0 Å². The van der Waals surface area contributed by atoms with Crippen LogP contribution in [-0.4, -0.2) is 31.1 Å². The fourth-order valence-electron chi connectivity index (χ4n) is 3.06. The van der Waals surface area contributed by atoms with Crippen molar-refractivity contribution >= 4 is 26.9 Å². The van der Waals surface area contributed by atoms with Gasteiger partial charge >= 0.3 is 5.69 Å². The van der Waals surface area contributed by atoms with Crippen molar-refractivity contribution in [3.8, 4) is 11.3 Å². The van der Waals surface area contributed by atoms with Crippen molar-refractivity contribution in [1.29, 1.82) is 0 Å². The van der Waals surface area contributed by atoms with E-state index in [1.807, 2.05) is 41.4 Å². The molecule has 8 heteroatoms. The molecule has 0 fully saturated rings. The molecule has 0 radical (unpaired) electrons. The van der Waals surface area contributed by atoms with Crippen LogP contribution in [0.1, 0.15) is 39.3 Å². The molecule has 2 heterocycles. The third-order valence-corrected chi connectivity index (χ3v) is 5.70. The lowest BCUT2D eigenvalue weighted by molar-refractivity contribution is 0.538. The van der Waals surface area contributed by atoms with Gasteiger partial charge in [0.25, 0.3) is 5.56 Å². The highest BCUT2D eigenvalue weighted by molar-refractivity contribution is 8.15. The van der Waals surface area contributed by atoms with Crippen molar-refractivity contribution in [2.75, 3.05) is 11.1 Å². The Bertz CT molecular complexity index is 1140. The van der Waals surface area contributed by atoms with Gasteiger partial charge in [-0.1, -0.05) is 17.6 Å². The summed E-state index contributed by atoms with van der Waals surface area (Å²) < 4.78 is 3.00. The van der Waals surface area contributed by atoms with Crippen LogP contribution in [0.5, 0.6) is 0 Å². The molecular weight excluding hydrogens is 362 g/mol. The Balaban J connectivity index is 2.31. The van der Waals surface area contributed by atoms with E-state index in [0.717, 1.165) is 27.9 Å². The number of aromatic amines is 1. The minimum Gasteiger partial charge on any atom is -0.305 e. The van der Waals surface area contributed by atoms with E-state index in [0.29, 0.717) is 10.9 Å². The van der Waals surface area contributed by atoms with E-state index in [-0.39, 0.29) is 22.3 Å². The number of hydrogen-bond donors (Lipinski definition) is 2. The van der Waals surface area contributed by atoms with E-state index in [2.05, 4.69) is 35.7 Å². The first-order valence-electron chi connectivity index (χ1n) is 8.94. The van der Waals surface area contributed by atoms with Gasteiger partial charge in [0.15, 0.2) is 0 Å². The van der Waals surface area contributed by atoms with E-state index in [9.17, 15) is 9.59 Å².